The molecular weight excluding hydrogens is 334 g/mol. The molecule has 1 heterocycles. The highest BCUT2D eigenvalue weighted by molar-refractivity contribution is 9.10. The molecule has 0 atom stereocenters. The van der Waals surface area contributed by atoms with Crippen molar-refractivity contribution in [2.75, 3.05) is 5.32 Å². The summed E-state index contributed by atoms with van der Waals surface area (Å²) in [6, 6.07) is 9.12. The van der Waals surface area contributed by atoms with Crippen molar-refractivity contribution in [2.24, 2.45) is 7.05 Å². The van der Waals surface area contributed by atoms with Crippen LogP contribution in [0.2, 0.25) is 0 Å². The second-order valence-corrected chi connectivity index (χ2v) is 5.63. The molecule has 110 valence electrons. The third-order valence-corrected chi connectivity index (χ3v) is 3.37. The van der Waals surface area contributed by atoms with E-state index in [4.69, 9.17) is 0 Å². The van der Waals surface area contributed by atoms with E-state index >= 15 is 0 Å². The number of carbonyl (C=O) groups is 2. The SMILES string of the molecule is CC(=O)Nc1ccc(CNC(=O)c2cc(Br)cn2C)cc1. The van der Waals surface area contributed by atoms with Crippen LogP contribution in [0.5, 0.6) is 0 Å². The number of benzene rings is 1. The summed E-state index contributed by atoms with van der Waals surface area (Å²) in [5, 5.41) is 5.56. The third-order valence-electron chi connectivity index (χ3n) is 2.93. The molecule has 6 heteroatoms. The van der Waals surface area contributed by atoms with E-state index in [2.05, 4.69) is 26.6 Å². The molecule has 0 aliphatic carbocycles. The Kier molecular flexibility index (Phi) is 4.80. The Morgan fingerprint density at radius 3 is 2.43 bits per heavy atom. The number of halogens is 1. The van der Waals surface area contributed by atoms with Gasteiger partial charge in [0.1, 0.15) is 5.69 Å². The predicted molar refractivity (Wildman–Crippen MR) is 85.0 cm³/mol. The monoisotopic (exact) mass is 349 g/mol. The fraction of sp³-hybridized carbons (Fsp3) is 0.200. The van der Waals surface area contributed by atoms with E-state index in [1.54, 1.807) is 10.6 Å². The van der Waals surface area contributed by atoms with E-state index in [1.165, 1.54) is 6.92 Å². The maximum atomic E-state index is 12.1. The van der Waals surface area contributed by atoms with Crippen LogP contribution in [0.3, 0.4) is 0 Å². The Labute approximate surface area is 131 Å². The van der Waals surface area contributed by atoms with E-state index < -0.39 is 0 Å². The first-order chi connectivity index (χ1) is 9.95. The minimum atomic E-state index is -0.130. The Morgan fingerprint density at radius 1 is 1.24 bits per heavy atom. The molecule has 1 aromatic heterocycles. The number of carbonyl (C=O) groups excluding carboxylic acids is 2. The molecule has 2 N–H and O–H groups in total. The minimum absolute atomic E-state index is 0.106. The molecule has 2 rings (SSSR count). The lowest BCUT2D eigenvalue weighted by Gasteiger charge is -2.07. The predicted octanol–water partition coefficient (Wildman–Crippen LogP) is 2.68. The molecule has 0 spiro atoms. The van der Waals surface area contributed by atoms with Crippen molar-refractivity contribution in [3.63, 3.8) is 0 Å². The van der Waals surface area contributed by atoms with Crippen LogP contribution in [0.15, 0.2) is 41.0 Å². The summed E-state index contributed by atoms with van der Waals surface area (Å²) in [6.07, 6.45) is 1.83. The summed E-state index contributed by atoms with van der Waals surface area (Å²) in [5.74, 6) is -0.237. The molecule has 0 saturated carbocycles. The molecule has 0 saturated heterocycles. The Balaban J connectivity index is 1.95. The number of hydrogen-bond donors (Lipinski definition) is 2. The third kappa shape index (κ3) is 4.19. The molecule has 0 radical (unpaired) electrons. The number of hydrogen-bond acceptors (Lipinski definition) is 2. The van der Waals surface area contributed by atoms with Gasteiger partial charge in [-0.15, -0.1) is 0 Å². The second-order valence-electron chi connectivity index (χ2n) is 4.72. The van der Waals surface area contributed by atoms with Gasteiger partial charge in [-0.25, -0.2) is 0 Å². The van der Waals surface area contributed by atoms with Crippen molar-refractivity contribution < 1.29 is 9.59 Å². The van der Waals surface area contributed by atoms with Gasteiger partial charge < -0.3 is 15.2 Å². The summed E-state index contributed by atoms with van der Waals surface area (Å²) < 4.78 is 2.63. The quantitative estimate of drug-likeness (QED) is 0.891. The topological polar surface area (TPSA) is 63.1 Å². The number of anilines is 1. The van der Waals surface area contributed by atoms with E-state index in [0.29, 0.717) is 12.2 Å². The van der Waals surface area contributed by atoms with Crippen LogP contribution in [0.1, 0.15) is 23.0 Å². The van der Waals surface area contributed by atoms with Gasteiger partial charge in [-0.05, 0) is 39.7 Å². The first-order valence-corrected chi connectivity index (χ1v) is 7.21. The van der Waals surface area contributed by atoms with Crippen LogP contribution in [0, 0.1) is 0 Å². The van der Waals surface area contributed by atoms with Gasteiger partial charge in [-0.3, -0.25) is 9.59 Å². The summed E-state index contributed by atoms with van der Waals surface area (Å²) in [4.78, 5) is 23.0. The van der Waals surface area contributed by atoms with E-state index in [1.807, 2.05) is 37.5 Å². The molecule has 0 bridgehead atoms. The smallest absolute Gasteiger partial charge is 0.268 e. The number of aryl methyl sites for hydroxylation is 1. The molecule has 0 aliphatic rings. The van der Waals surface area contributed by atoms with Gasteiger partial charge in [-0.2, -0.15) is 0 Å². The summed E-state index contributed by atoms with van der Waals surface area (Å²) in [7, 11) is 1.82. The highest BCUT2D eigenvalue weighted by Crippen LogP contribution is 2.14. The largest absolute Gasteiger partial charge is 0.347 e. The standard InChI is InChI=1S/C15H16BrN3O2/c1-10(20)18-13-5-3-11(4-6-13)8-17-15(21)14-7-12(16)9-19(14)2/h3-7,9H,8H2,1-2H3,(H,17,21)(H,18,20). The fourth-order valence-corrected chi connectivity index (χ4v) is 2.46. The van der Waals surface area contributed by atoms with Crippen molar-refractivity contribution in [1.82, 2.24) is 9.88 Å². The molecule has 2 aromatic rings. The zero-order valence-electron chi connectivity index (χ0n) is 11.8. The van der Waals surface area contributed by atoms with Crippen LogP contribution >= 0.6 is 15.9 Å². The molecule has 21 heavy (non-hydrogen) atoms. The highest BCUT2D eigenvalue weighted by atomic mass is 79.9. The molecule has 0 unspecified atom stereocenters. The van der Waals surface area contributed by atoms with Gasteiger partial charge >= 0.3 is 0 Å². The number of nitrogens with zero attached hydrogens (tertiary/aromatic N) is 1. The first-order valence-electron chi connectivity index (χ1n) is 6.42. The van der Waals surface area contributed by atoms with Crippen LogP contribution in [-0.4, -0.2) is 16.4 Å². The van der Waals surface area contributed by atoms with Gasteiger partial charge in [0.05, 0.1) is 0 Å². The summed E-state index contributed by atoms with van der Waals surface area (Å²) in [6.45, 7) is 1.90. The minimum Gasteiger partial charge on any atom is -0.347 e. The lowest BCUT2D eigenvalue weighted by molar-refractivity contribution is -0.114. The van der Waals surface area contributed by atoms with Gasteiger partial charge in [0, 0.05) is 36.9 Å². The Morgan fingerprint density at radius 2 is 1.90 bits per heavy atom. The van der Waals surface area contributed by atoms with Crippen molar-refractivity contribution in [1.29, 1.82) is 0 Å². The molecule has 0 aliphatic heterocycles. The lowest BCUT2D eigenvalue weighted by Crippen LogP contribution is -2.24. The zero-order valence-corrected chi connectivity index (χ0v) is 13.4. The fourth-order valence-electron chi connectivity index (χ4n) is 1.93. The van der Waals surface area contributed by atoms with Gasteiger partial charge in [-0.1, -0.05) is 12.1 Å². The van der Waals surface area contributed by atoms with Gasteiger partial charge in [0.15, 0.2) is 0 Å². The lowest BCUT2D eigenvalue weighted by atomic mass is 10.2. The van der Waals surface area contributed by atoms with Crippen molar-refractivity contribution in [2.45, 2.75) is 13.5 Å². The average Bonchev–Trinajstić information content (AvgIpc) is 2.76. The van der Waals surface area contributed by atoms with Crippen LogP contribution in [0.25, 0.3) is 0 Å². The normalized spacial score (nSPS) is 10.2. The highest BCUT2D eigenvalue weighted by Gasteiger charge is 2.10. The number of rotatable bonds is 4. The second kappa shape index (κ2) is 6.58. The van der Waals surface area contributed by atoms with Crippen LogP contribution in [0.4, 0.5) is 5.69 Å². The van der Waals surface area contributed by atoms with E-state index in [9.17, 15) is 9.59 Å². The van der Waals surface area contributed by atoms with Crippen molar-refractivity contribution >= 4 is 33.4 Å². The molecule has 2 amide bonds. The molecule has 5 nitrogen and oxygen atoms in total. The van der Waals surface area contributed by atoms with Crippen molar-refractivity contribution in [3.05, 3.63) is 52.3 Å². The molecule has 0 fully saturated rings. The van der Waals surface area contributed by atoms with Crippen LogP contribution < -0.4 is 10.6 Å². The average molecular weight is 350 g/mol. The van der Waals surface area contributed by atoms with Crippen LogP contribution in [-0.2, 0) is 18.4 Å². The summed E-state index contributed by atoms with van der Waals surface area (Å²) >= 11 is 3.34. The Hall–Kier alpha value is -2.08. The number of aromatic nitrogens is 1. The van der Waals surface area contributed by atoms with E-state index in [0.717, 1.165) is 15.7 Å². The first kappa shape index (κ1) is 15.3. The maximum Gasteiger partial charge on any atom is 0.268 e. The van der Waals surface area contributed by atoms with E-state index in [-0.39, 0.29) is 11.8 Å². The van der Waals surface area contributed by atoms with Gasteiger partial charge in [0.2, 0.25) is 5.91 Å². The number of amides is 2. The molecule has 1 aromatic carbocycles. The molecular formula is C15H16BrN3O2. The summed E-state index contributed by atoms with van der Waals surface area (Å²) in [5.41, 5.74) is 2.30. The Bertz CT molecular complexity index is 662. The van der Waals surface area contributed by atoms with Gasteiger partial charge in [0.25, 0.3) is 5.91 Å². The van der Waals surface area contributed by atoms with Crippen molar-refractivity contribution in [3.8, 4) is 0 Å². The maximum absolute atomic E-state index is 12.1. The zero-order chi connectivity index (χ0) is 15.4. The number of nitrogens with one attached hydrogen (secondary N) is 2.